The van der Waals surface area contributed by atoms with E-state index in [2.05, 4.69) is 25.3 Å². The second-order valence-electron chi connectivity index (χ2n) is 8.49. The Kier molecular flexibility index (Phi) is 4.51. The predicted octanol–water partition coefficient (Wildman–Crippen LogP) is 3.68. The van der Waals surface area contributed by atoms with Gasteiger partial charge in [0.2, 0.25) is 11.8 Å². The summed E-state index contributed by atoms with van der Waals surface area (Å²) in [6, 6.07) is 3.50. The second kappa shape index (κ2) is 7.37. The summed E-state index contributed by atoms with van der Waals surface area (Å²) in [5, 5.41) is 12.0. The third-order valence-corrected chi connectivity index (χ3v) is 6.32. The summed E-state index contributed by atoms with van der Waals surface area (Å²) in [4.78, 5) is 22.2. The Morgan fingerprint density at radius 2 is 2.09 bits per heavy atom. The third-order valence-electron chi connectivity index (χ3n) is 6.32. The summed E-state index contributed by atoms with van der Waals surface area (Å²) >= 11 is 0. The zero-order chi connectivity index (χ0) is 23.6. The van der Waals surface area contributed by atoms with Crippen LogP contribution >= 0.6 is 0 Å². The average Bonchev–Trinajstić information content (AvgIpc) is 3.54. The molecular formula is C21H17F4N7O2. The van der Waals surface area contributed by atoms with Crippen molar-refractivity contribution < 1.29 is 26.8 Å². The van der Waals surface area contributed by atoms with Crippen molar-refractivity contribution in [1.82, 2.24) is 34.7 Å². The molecule has 0 spiro atoms. The Balaban J connectivity index is 1.37. The molecule has 6 rings (SSSR count). The number of carbonyl (C=O) groups excluding carboxylic acids is 1. The molecule has 0 unspecified atom stereocenters. The van der Waals surface area contributed by atoms with E-state index in [1.807, 2.05) is 0 Å². The monoisotopic (exact) mass is 475 g/mol. The molecule has 1 amide bonds. The molecule has 1 N–H and O–H groups in total. The molecule has 34 heavy (non-hydrogen) atoms. The maximum absolute atomic E-state index is 13.5. The zero-order valence-corrected chi connectivity index (χ0v) is 17.5. The van der Waals surface area contributed by atoms with E-state index in [0.29, 0.717) is 17.8 Å². The highest BCUT2D eigenvalue weighted by Crippen LogP contribution is 2.47. The average molecular weight is 475 g/mol. The molecule has 5 heterocycles. The second-order valence-corrected chi connectivity index (χ2v) is 8.49. The van der Waals surface area contributed by atoms with Crippen LogP contribution in [0.5, 0.6) is 0 Å². The molecule has 1 saturated carbocycles. The van der Waals surface area contributed by atoms with Gasteiger partial charge in [-0.3, -0.25) is 4.79 Å². The van der Waals surface area contributed by atoms with E-state index in [4.69, 9.17) is 4.42 Å². The largest absolute Gasteiger partial charge is 0.417 e. The fourth-order valence-corrected chi connectivity index (χ4v) is 4.61. The molecule has 0 aromatic carbocycles. The lowest BCUT2D eigenvalue weighted by molar-refractivity contribution is -0.0919. The summed E-state index contributed by atoms with van der Waals surface area (Å²) < 4.78 is 60.3. The summed E-state index contributed by atoms with van der Waals surface area (Å²) in [6.07, 6.45) is -0.00604. The molecule has 4 aromatic heterocycles. The number of aromatic amines is 1. The maximum atomic E-state index is 13.5. The minimum Gasteiger partial charge on any atom is -0.417 e. The van der Waals surface area contributed by atoms with Gasteiger partial charge >= 0.3 is 11.8 Å². The number of hydrogen-bond donors (Lipinski definition) is 1. The van der Waals surface area contributed by atoms with Gasteiger partial charge in [-0.2, -0.15) is 5.10 Å². The number of rotatable bonds is 4. The van der Waals surface area contributed by atoms with Crippen molar-refractivity contribution in [2.24, 2.45) is 0 Å². The fraction of sp³-hybridized carbons (Fsp3) is 0.381. The normalized spacial score (nSPS) is 20.0. The lowest BCUT2D eigenvalue weighted by atomic mass is 9.81. The summed E-state index contributed by atoms with van der Waals surface area (Å²) in [7, 11) is 0. The van der Waals surface area contributed by atoms with E-state index in [1.165, 1.54) is 33.9 Å². The number of pyridine rings is 1. The molecule has 1 fully saturated rings. The van der Waals surface area contributed by atoms with Crippen molar-refractivity contribution in [3.05, 3.63) is 65.1 Å². The Hall–Kier alpha value is -3.77. The smallest absolute Gasteiger partial charge is 0.312 e. The van der Waals surface area contributed by atoms with Crippen LogP contribution in [0, 0.1) is 0 Å². The first-order valence-corrected chi connectivity index (χ1v) is 10.6. The van der Waals surface area contributed by atoms with Gasteiger partial charge in [-0.25, -0.2) is 27.1 Å². The predicted molar refractivity (Wildman–Crippen MR) is 107 cm³/mol. The van der Waals surface area contributed by atoms with E-state index in [-0.39, 0.29) is 29.4 Å². The first-order chi connectivity index (χ1) is 16.3. The number of carbonyl (C=O) groups is 1. The van der Waals surface area contributed by atoms with Gasteiger partial charge in [0.25, 0.3) is 6.43 Å². The van der Waals surface area contributed by atoms with E-state index < -0.39 is 43.1 Å². The topological polar surface area (TPSA) is 105 Å². The lowest BCUT2D eigenvalue weighted by Crippen LogP contribution is -2.41. The van der Waals surface area contributed by atoms with E-state index in [1.54, 1.807) is 6.20 Å². The van der Waals surface area contributed by atoms with Crippen LogP contribution in [0.25, 0.3) is 5.52 Å². The Bertz CT molecular complexity index is 1390. The number of amides is 1. The van der Waals surface area contributed by atoms with Gasteiger partial charge in [0.05, 0.1) is 23.2 Å². The van der Waals surface area contributed by atoms with Gasteiger partial charge in [0, 0.05) is 49.2 Å². The molecule has 9 nitrogen and oxygen atoms in total. The number of hydrogen-bond acceptors (Lipinski definition) is 6. The van der Waals surface area contributed by atoms with Crippen LogP contribution in [0.3, 0.4) is 0 Å². The number of halogens is 4. The molecule has 0 bridgehead atoms. The number of H-pyrrole nitrogens is 1. The van der Waals surface area contributed by atoms with Crippen molar-refractivity contribution in [1.29, 1.82) is 0 Å². The molecule has 4 aromatic rings. The zero-order valence-electron chi connectivity index (χ0n) is 17.5. The van der Waals surface area contributed by atoms with Crippen molar-refractivity contribution in [3.63, 3.8) is 0 Å². The highest BCUT2D eigenvalue weighted by molar-refractivity contribution is 5.90. The van der Waals surface area contributed by atoms with Crippen LogP contribution in [-0.2, 0) is 6.42 Å². The van der Waals surface area contributed by atoms with Crippen LogP contribution in [0.4, 0.5) is 17.6 Å². The fourth-order valence-electron chi connectivity index (χ4n) is 4.61. The first-order valence-electron chi connectivity index (χ1n) is 10.6. The van der Waals surface area contributed by atoms with Crippen molar-refractivity contribution in [2.75, 3.05) is 6.54 Å². The number of nitrogens with zero attached hydrogens (tertiary/aromatic N) is 6. The number of aromatic nitrogens is 6. The van der Waals surface area contributed by atoms with Gasteiger partial charge in [0.15, 0.2) is 0 Å². The summed E-state index contributed by atoms with van der Waals surface area (Å²) in [5.41, 5.74) is 1.69. The SMILES string of the molecule is O=C(c1nnc(C2CC(F)(F)C2)o1)N1CCc2[nH]cnc2[C@H]1c1cc2c(C(F)F)cccn2n1. The Labute approximate surface area is 188 Å². The highest BCUT2D eigenvalue weighted by atomic mass is 19.3. The molecule has 0 saturated heterocycles. The van der Waals surface area contributed by atoms with Gasteiger partial charge < -0.3 is 14.3 Å². The van der Waals surface area contributed by atoms with Gasteiger partial charge in [-0.05, 0) is 18.2 Å². The minimum atomic E-state index is -2.77. The van der Waals surface area contributed by atoms with E-state index in [9.17, 15) is 22.4 Å². The summed E-state index contributed by atoms with van der Waals surface area (Å²) in [5.74, 6) is -4.30. The lowest BCUT2D eigenvalue weighted by Gasteiger charge is -2.33. The molecule has 13 heteroatoms. The van der Waals surface area contributed by atoms with E-state index >= 15 is 0 Å². The van der Waals surface area contributed by atoms with Crippen LogP contribution in [0.15, 0.2) is 35.1 Å². The van der Waals surface area contributed by atoms with Crippen LogP contribution in [0.2, 0.25) is 0 Å². The minimum absolute atomic E-state index is 0.00222. The van der Waals surface area contributed by atoms with Crippen molar-refractivity contribution in [3.8, 4) is 0 Å². The Morgan fingerprint density at radius 1 is 1.26 bits per heavy atom. The van der Waals surface area contributed by atoms with Gasteiger partial charge in [0.1, 0.15) is 6.04 Å². The van der Waals surface area contributed by atoms with Gasteiger partial charge in [-0.15, -0.1) is 10.2 Å². The van der Waals surface area contributed by atoms with Gasteiger partial charge in [-0.1, -0.05) is 0 Å². The number of imidazole rings is 1. The standard InChI is InChI=1S/C21H17F4N7O2/c22-17(23)11-2-1-4-32-14(11)6-13(30-32)16-15-12(26-9-27-15)3-5-31(16)20(33)19-29-28-18(34-19)10-7-21(24,25)8-10/h1-2,4,6,9-10,16-17H,3,5,7-8H2,(H,26,27)/t16-/m1/s1. The molecule has 1 aliphatic carbocycles. The highest BCUT2D eigenvalue weighted by Gasteiger charge is 2.49. The van der Waals surface area contributed by atoms with Crippen molar-refractivity contribution in [2.45, 2.75) is 43.6 Å². The summed E-state index contributed by atoms with van der Waals surface area (Å²) in [6.45, 7) is 0.244. The molecule has 0 radical (unpaired) electrons. The number of nitrogens with one attached hydrogen (secondary N) is 1. The first kappa shape index (κ1) is 20.8. The number of fused-ring (bicyclic) bond motifs is 2. The van der Waals surface area contributed by atoms with Crippen molar-refractivity contribution >= 4 is 11.4 Å². The molecular weight excluding hydrogens is 458 g/mol. The van der Waals surface area contributed by atoms with E-state index in [0.717, 1.165) is 5.69 Å². The Morgan fingerprint density at radius 3 is 2.85 bits per heavy atom. The van der Waals surface area contributed by atoms with Crippen LogP contribution < -0.4 is 0 Å². The molecule has 176 valence electrons. The van der Waals surface area contributed by atoms with Crippen LogP contribution in [-0.4, -0.2) is 53.1 Å². The molecule has 2 aliphatic rings. The molecule has 1 atom stereocenters. The number of alkyl halides is 4. The maximum Gasteiger partial charge on any atom is 0.312 e. The van der Waals surface area contributed by atoms with Crippen LogP contribution in [0.1, 0.15) is 70.4 Å². The quantitative estimate of drug-likeness (QED) is 0.452. The third kappa shape index (κ3) is 3.25. The molecule has 1 aliphatic heterocycles.